The van der Waals surface area contributed by atoms with Gasteiger partial charge in [-0.2, -0.15) is 5.10 Å². The minimum absolute atomic E-state index is 0.129. The number of rotatable bonds is 6. The fourth-order valence-corrected chi connectivity index (χ4v) is 1.90. The van der Waals surface area contributed by atoms with E-state index in [9.17, 15) is 10.1 Å². The molecule has 2 rings (SSSR count). The van der Waals surface area contributed by atoms with E-state index in [1.165, 1.54) is 6.07 Å². The van der Waals surface area contributed by atoms with E-state index in [1.807, 2.05) is 6.20 Å². The summed E-state index contributed by atoms with van der Waals surface area (Å²) in [6, 6.07) is 7.15. The molecule has 1 aromatic heterocycles. The van der Waals surface area contributed by atoms with Gasteiger partial charge in [0.15, 0.2) is 0 Å². The van der Waals surface area contributed by atoms with E-state index >= 15 is 0 Å². The molecule has 1 heterocycles. The summed E-state index contributed by atoms with van der Waals surface area (Å²) in [4.78, 5) is 10.6. The van der Waals surface area contributed by atoms with E-state index < -0.39 is 0 Å². The molecule has 106 valence electrons. The molecule has 0 bridgehead atoms. The maximum Gasteiger partial charge on any atom is 0.274 e. The van der Waals surface area contributed by atoms with Gasteiger partial charge in [0, 0.05) is 30.4 Å². The van der Waals surface area contributed by atoms with Crippen LogP contribution in [0.5, 0.6) is 0 Å². The smallest absolute Gasteiger partial charge is 0.274 e. The molecule has 6 heteroatoms. The molecule has 0 amide bonds. The van der Waals surface area contributed by atoms with Gasteiger partial charge in [0.05, 0.1) is 23.2 Å². The lowest BCUT2D eigenvalue weighted by atomic mass is 10.2. The molecular formula is C14H18N4O2. The number of hydrogen-bond acceptors (Lipinski definition) is 4. The largest absolute Gasteiger partial charge is 0.310 e. The molecule has 0 saturated carbocycles. The Balaban J connectivity index is 2.09. The summed E-state index contributed by atoms with van der Waals surface area (Å²) in [6.45, 7) is 5.31. The van der Waals surface area contributed by atoms with Gasteiger partial charge in [-0.25, -0.2) is 0 Å². The molecule has 0 saturated heterocycles. The van der Waals surface area contributed by atoms with Crippen LogP contribution in [0.15, 0.2) is 36.7 Å². The van der Waals surface area contributed by atoms with Crippen LogP contribution in [0.25, 0.3) is 0 Å². The molecule has 0 unspecified atom stereocenters. The van der Waals surface area contributed by atoms with Crippen molar-refractivity contribution in [2.75, 3.05) is 0 Å². The summed E-state index contributed by atoms with van der Waals surface area (Å²) >= 11 is 0. The van der Waals surface area contributed by atoms with Crippen LogP contribution in [0.3, 0.4) is 0 Å². The summed E-state index contributed by atoms with van der Waals surface area (Å²) in [5.41, 5.74) is 1.85. The Labute approximate surface area is 117 Å². The number of aromatic nitrogens is 2. The minimum atomic E-state index is -0.361. The molecule has 2 aromatic rings. The Hall–Kier alpha value is -2.21. The molecule has 0 aliphatic rings. The van der Waals surface area contributed by atoms with Crippen molar-refractivity contribution in [3.8, 4) is 0 Å². The first-order valence-electron chi connectivity index (χ1n) is 6.53. The average molecular weight is 274 g/mol. The topological polar surface area (TPSA) is 73.0 Å². The second-order valence-electron chi connectivity index (χ2n) is 4.97. The molecule has 0 fully saturated rings. The maximum absolute atomic E-state index is 11.0. The molecule has 20 heavy (non-hydrogen) atoms. The van der Waals surface area contributed by atoms with Crippen LogP contribution in [0, 0.1) is 10.1 Å². The number of nitrogens with one attached hydrogen (secondary N) is 1. The molecule has 1 N–H and O–H groups in total. The van der Waals surface area contributed by atoms with Crippen LogP contribution in [-0.2, 0) is 13.1 Å². The SMILES string of the molecule is CC(C)NCc1cnn(Cc2ccccc2[N+](=O)[O-])c1. The minimum Gasteiger partial charge on any atom is -0.310 e. The van der Waals surface area contributed by atoms with E-state index in [2.05, 4.69) is 24.3 Å². The van der Waals surface area contributed by atoms with Gasteiger partial charge in [-0.15, -0.1) is 0 Å². The van der Waals surface area contributed by atoms with Crippen LogP contribution in [0.1, 0.15) is 25.0 Å². The number of hydrogen-bond donors (Lipinski definition) is 1. The van der Waals surface area contributed by atoms with Crippen molar-refractivity contribution in [2.45, 2.75) is 33.0 Å². The van der Waals surface area contributed by atoms with Gasteiger partial charge in [0.2, 0.25) is 0 Å². The standard InChI is InChI=1S/C14H18N4O2/c1-11(2)15-7-12-8-16-17(9-12)10-13-5-3-4-6-14(13)18(19)20/h3-6,8-9,11,15H,7,10H2,1-2H3. The van der Waals surface area contributed by atoms with Crippen LogP contribution in [-0.4, -0.2) is 20.7 Å². The third-order valence-corrected chi connectivity index (χ3v) is 2.92. The summed E-state index contributed by atoms with van der Waals surface area (Å²) in [5, 5.41) is 18.5. The van der Waals surface area contributed by atoms with Gasteiger partial charge in [0.1, 0.15) is 0 Å². The average Bonchev–Trinajstić information content (AvgIpc) is 2.84. The van der Waals surface area contributed by atoms with E-state index in [-0.39, 0.29) is 10.6 Å². The highest BCUT2D eigenvalue weighted by Gasteiger charge is 2.12. The fraction of sp³-hybridized carbons (Fsp3) is 0.357. The Bertz CT molecular complexity index is 592. The zero-order valence-corrected chi connectivity index (χ0v) is 11.6. The van der Waals surface area contributed by atoms with Crippen molar-refractivity contribution in [3.63, 3.8) is 0 Å². The van der Waals surface area contributed by atoms with E-state index in [4.69, 9.17) is 0 Å². The highest BCUT2D eigenvalue weighted by atomic mass is 16.6. The Morgan fingerprint density at radius 2 is 2.15 bits per heavy atom. The zero-order valence-electron chi connectivity index (χ0n) is 11.6. The van der Waals surface area contributed by atoms with Crippen molar-refractivity contribution in [1.82, 2.24) is 15.1 Å². The summed E-state index contributed by atoms with van der Waals surface area (Å²) < 4.78 is 1.72. The third-order valence-electron chi connectivity index (χ3n) is 2.92. The van der Waals surface area contributed by atoms with Crippen molar-refractivity contribution in [1.29, 1.82) is 0 Å². The predicted octanol–water partition coefficient (Wildman–Crippen LogP) is 2.34. The van der Waals surface area contributed by atoms with Crippen LogP contribution >= 0.6 is 0 Å². The summed E-state index contributed by atoms with van der Waals surface area (Å²) in [7, 11) is 0. The van der Waals surface area contributed by atoms with Gasteiger partial charge in [0.25, 0.3) is 5.69 Å². The second kappa shape index (κ2) is 6.29. The Kier molecular flexibility index (Phi) is 4.47. The quantitative estimate of drug-likeness (QED) is 0.648. The monoisotopic (exact) mass is 274 g/mol. The number of benzene rings is 1. The van der Waals surface area contributed by atoms with E-state index in [0.29, 0.717) is 18.2 Å². The van der Waals surface area contributed by atoms with Crippen LogP contribution in [0.2, 0.25) is 0 Å². The Morgan fingerprint density at radius 1 is 1.40 bits per heavy atom. The van der Waals surface area contributed by atoms with Gasteiger partial charge in [-0.1, -0.05) is 32.0 Å². The molecule has 0 spiro atoms. The molecule has 0 radical (unpaired) electrons. The van der Waals surface area contributed by atoms with Gasteiger partial charge in [-0.05, 0) is 0 Å². The van der Waals surface area contributed by atoms with E-state index in [0.717, 1.165) is 12.1 Å². The zero-order chi connectivity index (χ0) is 14.5. The molecule has 0 aliphatic heterocycles. The first kappa shape index (κ1) is 14.2. The summed E-state index contributed by atoms with van der Waals surface area (Å²) in [6.07, 6.45) is 3.69. The fourth-order valence-electron chi connectivity index (χ4n) is 1.90. The van der Waals surface area contributed by atoms with Crippen LogP contribution in [0.4, 0.5) is 5.69 Å². The second-order valence-corrected chi connectivity index (χ2v) is 4.97. The lowest BCUT2D eigenvalue weighted by Crippen LogP contribution is -2.21. The first-order chi connectivity index (χ1) is 9.56. The van der Waals surface area contributed by atoms with E-state index in [1.54, 1.807) is 29.1 Å². The van der Waals surface area contributed by atoms with Gasteiger partial charge in [-0.3, -0.25) is 14.8 Å². The number of para-hydroxylation sites is 1. The van der Waals surface area contributed by atoms with Crippen molar-refractivity contribution < 1.29 is 4.92 Å². The number of nitro groups is 1. The lowest BCUT2D eigenvalue weighted by Gasteiger charge is -2.05. The number of nitrogens with zero attached hydrogens (tertiary/aromatic N) is 3. The predicted molar refractivity (Wildman–Crippen MR) is 76.4 cm³/mol. The van der Waals surface area contributed by atoms with Crippen molar-refractivity contribution >= 4 is 5.69 Å². The Morgan fingerprint density at radius 3 is 2.85 bits per heavy atom. The number of nitro benzene ring substituents is 1. The van der Waals surface area contributed by atoms with Crippen LogP contribution < -0.4 is 5.32 Å². The highest BCUT2D eigenvalue weighted by Crippen LogP contribution is 2.18. The maximum atomic E-state index is 11.0. The lowest BCUT2D eigenvalue weighted by molar-refractivity contribution is -0.385. The molecule has 1 aromatic carbocycles. The third kappa shape index (κ3) is 3.64. The summed E-state index contributed by atoms with van der Waals surface area (Å²) in [5.74, 6) is 0. The van der Waals surface area contributed by atoms with Crippen molar-refractivity contribution in [3.05, 3.63) is 57.9 Å². The van der Waals surface area contributed by atoms with Gasteiger partial charge < -0.3 is 5.32 Å². The highest BCUT2D eigenvalue weighted by molar-refractivity contribution is 5.39. The van der Waals surface area contributed by atoms with Crippen molar-refractivity contribution in [2.24, 2.45) is 0 Å². The normalized spacial score (nSPS) is 10.9. The first-order valence-corrected chi connectivity index (χ1v) is 6.53. The van der Waals surface area contributed by atoms with Gasteiger partial charge >= 0.3 is 0 Å². The molecular weight excluding hydrogens is 256 g/mol. The molecule has 0 aliphatic carbocycles. The molecule has 6 nitrogen and oxygen atoms in total. The molecule has 0 atom stereocenters.